The first-order valence-electron chi connectivity index (χ1n) is 7.46. The number of imide groups is 1. The molecule has 0 unspecified atom stereocenters. The number of benzene rings is 1. The van der Waals surface area contributed by atoms with Crippen LogP contribution in [0.3, 0.4) is 0 Å². The third kappa shape index (κ3) is 3.39. The molecule has 1 aromatic rings. The maximum Gasteiger partial charge on any atom is 0.308 e. The number of ether oxygens (including phenoxy) is 1. The van der Waals surface area contributed by atoms with Crippen LogP contribution in [0.5, 0.6) is 0 Å². The second kappa shape index (κ2) is 6.20. The molecule has 0 atom stereocenters. The number of amides is 3. The highest BCUT2D eigenvalue weighted by atomic mass is 16.5. The predicted molar refractivity (Wildman–Crippen MR) is 78.5 cm³/mol. The Labute approximate surface area is 132 Å². The van der Waals surface area contributed by atoms with Crippen molar-refractivity contribution in [3.05, 3.63) is 35.4 Å². The summed E-state index contributed by atoms with van der Waals surface area (Å²) in [6.07, 6.45) is 1.78. The Balaban J connectivity index is 1.47. The molecule has 23 heavy (non-hydrogen) atoms. The molecule has 1 aromatic carbocycles. The van der Waals surface area contributed by atoms with Gasteiger partial charge in [-0.1, -0.05) is 12.1 Å². The molecule has 7 heteroatoms. The summed E-state index contributed by atoms with van der Waals surface area (Å²) in [7, 11) is 0. The Morgan fingerprint density at radius 3 is 2.30 bits per heavy atom. The Morgan fingerprint density at radius 1 is 1.13 bits per heavy atom. The van der Waals surface area contributed by atoms with Crippen LogP contribution in [0.4, 0.5) is 0 Å². The van der Waals surface area contributed by atoms with Gasteiger partial charge in [0.2, 0.25) is 0 Å². The molecule has 1 N–H and O–H groups in total. The quantitative estimate of drug-likeness (QED) is 0.609. The minimum Gasteiger partial charge on any atom is -0.456 e. The highest BCUT2D eigenvalue weighted by molar-refractivity contribution is 6.21. The summed E-state index contributed by atoms with van der Waals surface area (Å²) in [6, 6.07) is 6.73. The van der Waals surface area contributed by atoms with Gasteiger partial charge in [0, 0.05) is 12.6 Å². The Kier molecular flexibility index (Phi) is 4.10. The van der Waals surface area contributed by atoms with Gasteiger partial charge in [-0.05, 0) is 25.0 Å². The van der Waals surface area contributed by atoms with Gasteiger partial charge in [-0.2, -0.15) is 0 Å². The number of carbonyl (C=O) groups excluding carboxylic acids is 4. The first kappa shape index (κ1) is 15.2. The van der Waals surface area contributed by atoms with Crippen molar-refractivity contribution >= 4 is 23.7 Å². The van der Waals surface area contributed by atoms with E-state index in [1.54, 1.807) is 24.3 Å². The van der Waals surface area contributed by atoms with Gasteiger partial charge in [0.25, 0.3) is 17.7 Å². The van der Waals surface area contributed by atoms with Crippen LogP contribution in [0.25, 0.3) is 0 Å². The van der Waals surface area contributed by atoms with Gasteiger partial charge in [-0.3, -0.25) is 24.1 Å². The average molecular weight is 316 g/mol. The zero-order valence-corrected chi connectivity index (χ0v) is 12.4. The first-order chi connectivity index (χ1) is 11.1. The summed E-state index contributed by atoms with van der Waals surface area (Å²) < 4.78 is 4.84. The lowest BCUT2D eigenvalue weighted by Gasteiger charge is -2.13. The molecular weight excluding hydrogens is 300 g/mol. The molecule has 1 aliphatic heterocycles. The highest BCUT2D eigenvalue weighted by Crippen LogP contribution is 2.22. The molecule has 1 aliphatic carbocycles. The van der Waals surface area contributed by atoms with E-state index in [4.69, 9.17) is 4.74 Å². The lowest BCUT2D eigenvalue weighted by molar-refractivity contribution is -0.148. The van der Waals surface area contributed by atoms with E-state index in [9.17, 15) is 19.2 Å². The molecule has 0 radical (unpaired) electrons. The maximum atomic E-state index is 12.1. The van der Waals surface area contributed by atoms with E-state index >= 15 is 0 Å². The minimum absolute atomic E-state index is 0.0601. The fraction of sp³-hybridized carbons (Fsp3) is 0.375. The van der Waals surface area contributed by atoms with Crippen molar-refractivity contribution in [2.45, 2.75) is 25.3 Å². The second-order valence-corrected chi connectivity index (χ2v) is 5.56. The lowest BCUT2D eigenvalue weighted by atomic mass is 10.1. The monoisotopic (exact) mass is 316 g/mol. The maximum absolute atomic E-state index is 12.1. The number of fused-ring (bicyclic) bond motifs is 1. The summed E-state index contributed by atoms with van der Waals surface area (Å²) in [5, 5.41) is 2.70. The number of hydrogen-bond acceptors (Lipinski definition) is 5. The molecular formula is C16H16N2O5. The minimum atomic E-state index is -0.618. The van der Waals surface area contributed by atoms with Gasteiger partial charge in [-0.25, -0.2) is 0 Å². The molecule has 1 heterocycles. The topological polar surface area (TPSA) is 92.8 Å². The SMILES string of the molecule is O=C(COC(=O)CCN1C(=O)c2ccccc2C1=O)NC1CC1. The van der Waals surface area contributed by atoms with Crippen LogP contribution < -0.4 is 5.32 Å². The van der Waals surface area contributed by atoms with Gasteiger partial charge in [-0.15, -0.1) is 0 Å². The van der Waals surface area contributed by atoms with Crippen LogP contribution in [0, 0.1) is 0 Å². The molecule has 1 fully saturated rings. The summed E-state index contributed by atoms with van der Waals surface area (Å²) >= 11 is 0. The summed E-state index contributed by atoms with van der Waals surface area (Å²) in [5.74, 6) is -1.77. The third-order valence-electron chi connectivity index (χ3n) is 3.72. The Hall–Kier alpha value is -2.70. The number of hydrogen-bond donors (Lipinski definition) is 1. The van der Waals surface area contributed by atoms with E-state index in [1.165, 1.54) is 0 Å². The third-order valence-corrected chi connectivity index (χ3v) is 3.72. The largest absolute Gasteiger partial charge is 0.456 e. The molecule has 2 aliphatic rings. The van der Waals surface area contributed by atoms with Crippen LogP contribution in [-0.2, 0) is 14.3 Å². The van der Waals surface area contributed by atoms with Crippen molar-refractivity contribution in [2.24, 2.45) is 0 Å². The molecule has 120 valence electrons. The fourth-order valence-electron chi connectivity index (χ4n) is 2.36. The van der Waals surface area contributed by atoms with E-state index in [1.807, 2.05) is 0 Å². The van der Waals surface area contributed by atoms with Gasteiger partial charge in [0.1, 0.15) is 0 Å². The fourth-order valence-corrected chi connectivity index (χ4v) is 2.36. The molecule has 3 rings (SSSR count). The zero-order valence-electron chi connectivity index (χ0n) is 12.4. The van der Waals surface area contributed by atoms with Crippen molar-refractivity contribution in [1.82, 2.24) is 10.2 Å². The van der Waals surface area contributed by atoms with E-state index in [2.05, 4.69) is 5.32 Å². The van der Waals surface area contributed by atoms with Crippen LogP contribution >= 0.6 is 0 Å². The van der Waals surface area contributed by atoms with Gasteiger partial charge >= 0.3 is 5.97 Å². The standard InChI is InChI=1S/C16H16N2O5/c19-13(17-10-5-6-10)9-23-14(20)7-8-18-15(21)11-3-1-2-4-12(11)16(18)22/h1-4,10H,5-9H2,(H,17,19). The predicted octanol–water partition coefficient (Wildman–Crippen LogP) is 0.494. The highest BCUT2D eigenvalue weighted by Gasteiger charge is 2.35. The lowest BCUT2D eigenvalue weighted by Crippen LogP contribution is -2.33. The van der Waals surface area contributed by atoms with Gasteiger partial charge in [0.15, 0.2) is 6.61 Å². The first-order valence-corrected chi connectivity index (χ1v) is 7.46. The van der Waals surface area contributed by atoms with Crippen LogP contribution in [0.15, 0.2) is 24.3 Å². The molecule has 0 aromatic heterocycles. The number of nitrogens with zero attached hydrogens (tertiary/aromatic N) is 1. The van der Waals surface area contributed by atoms with Crippen molar-refractivity contribution in [3.8, 4) is 0 Å². The Bertz CT molecular complexity index is 646. The summed E-state index contributed by atoms with van der Waals surface area (Å²) in [4.78, 5) is 48.3. The second-order valence-electron chi connectivity index (χ2n) is 5.56. The smallest absolute Gasteiger partial charge is 0.308 e. The van der Waals surface area contributed by atoms with Gasteiger partial charge < -0.3 is 10.1 Å². The Morgan fingerprint density at radius 2 is 1.74 bits per heavy atom. The summed E-state index contributed by atoms with van der Waals surface area (Å²) in [5.41, 5.74) is 0.685. The van der Waals surface area contributed by atoms with Crippen LogP contribution in [0.2, 0.25) is 0 Å². The van der Waals surface area contributed by atoms with E-state index < -0.39 is 17.8 Å². The molecule has 0 bridgehead atoms. The van der Waals surface area contributed by atoms with E-state index in [-0.39, 0.29) is 31.5 Å². The van der Waals surface area contributed by atoms with Crippen molar-refractivity contribution in [3.63, 3.8) is 0 Å². The van der Waals surface area contributed by atoms with Crippen molar-refractivity contribution < 1.29 is 23.9 Å². The zero-order chi connectivity index (χ0) is 16.4. The number of rotatable bonds is 6. The molecule has 0 saturated heterocycles. The van der Waals surface area contributed by atoms with E-state index in [0.29, 0.717) is 11.1 Å². The molecule has 3 amide bonds. The van der Waals surface area contributed by atoms with Crippen LogP contribution in [-0.4, -0.2) is 47.8 Å². The van der Waals surface area contributed by atoms with Crippen LogP contribution in [0.1, 0.15) is 40.0 Å². The van der Waals surface area contributed by atoms with Crippen molar-refractivity contribution in [2.75, 3.05) is 13.2 Å². The molecule has 1 saturated carbocycles. The molecule has 7 nitrogen and oxygen atoms in total. The number of esters is 1. The number of nitrogens with one attached hydrogen (secondary N) is 1. The molecule has 0 spiro atoms. The van der Waals surface area contributed by atoms with E-state index in [0.717, 1.165) is 17.7 Å². The average Bonchev–Trinajstić information content (AvgIpc) is 3.32. The van der Waals surface area contributed by atoms with Gasteiger partial charge in [0.05, 0.1) is 17.5 Å². The number of carbonyl (C=O) groups is 4. The van der Waals surface area contributed by atoms with Crippen molar-refractivity contribution in [1.29, 1.82) is 0 Å². The summed E-state index contributed by atoms with van der Waals surface area (Å²) in [6.45, 7) is -0.396. The normalized spacial score (nSPS) is 16.3.